The monoisotopic (exact) mass is 514 g/mol. The van der Waals surface area contributed by atoms with Crippen LogP contribution in [0.15, 0.2) is 21.3 Å². The Morgan fingerprint density at radius 3 is 2.58 bits per heavy atom. The molecule has 0 aliphatic carbocycles. The maximum Gasteiger partial charge on any atom is 0.252 e. The van der Waals surface area contributed by atoms with E-state index in [1.807, 2.05) is 13.0 Å². The molecular weight excluding hydrogens is 483 g/mol. The Balaban J connectivity index is 0.00000338. The zero-order valence-electron chi connectivity index (χ0n) is 15.8. The standard InChI is InChI=1S/C17H30N4O2S2.HI/c1-4-14(3)20-17(18-5-2)19-13-15-9-10-16(24-15)25(22,23)21-11-7-6-8-12-21;/h9-10,14H,4-8,11-13H2,1-3H3,(H2,18,19,20);1H. The van der Waals surface area contributed by atoms with Crippen LogP contribution in [0.1, 0.15) is 51.3 Å². The van der Waals surface area contributed by atoms with Gasteiger partial charge in [-0.3, -0.25) is 0 Å². The van der Waals surface area contributed by atoms with Gasteiger partial charge in [0.1, 0.15) is 4.21 Å². The molecule has 0 spiro atoms. The summed E-state index contributed by atoms with van der Waals surface area (Å²) >= 11 is 1.33. The smallest absolute Gasteiger partial charge is 0.252 e. The molecule has 1 unspecified atom stereocenters. The normalized spacial score (nSPS) is 17.4. The van der Waals surface area contributed by atoms with E-state index in [0.29, 0.717) is 29.9 Å². The van der Waals surface area contributed by atoms with Gasteiger partial charge < -0.3 is 10.6 Å². The molecule has 1 aromatic rings. The highest BCUT2D eigenvalue weighted by molar-refractivity contribution is 14.0. The zero-order valence-corrected chi connectivity index (χ0v) is 19.8. The highest BCUT2D eigenvalue weighted by atomic mass is 127. The average Bonchev–Trinajstić information content (AvgIpc) is 3.10. The number of aliphatic imine (C=N–C) groups is 1. The lowest BCUT2D eigenvalue weighted by Crippen LogP contribution is -2.41. The molecule has 9 heteroatoms. The number of hydrogen-bond acceptors (Lipinski definition) is 4. The predicted molar refractivity (Wildman–Crippen MR) is 120 cm³/mol. The third kappa shape index (κ3) is 6.65. The van der Waals surface area contributed by atoms with Crippen LogP contribution in [0.4, 0.5) is 0 Å². The van der Waals surface area contributed by atoms with Gasteiger partial charge in [0.05, 0.1) is 6.54 Å². The van der Waals surface area contributed by atoms with Crippen molar-refractivity contribution in [1.82, 2.24) is 14.9 Å². The van der Waals surface area contributed by atoms with E-state index in [1.54, 1.807) is 10.4 Å². The fourth-order valence-electron chi connectivity index (χ4n) is 2.63. The second kappa shape index (κ2) is 11.5. The van der Waals surface area contributed by atoms with Crippen molar-refractivity contribution < 1.29 is 8.42 Å². The summed E-state index contributed by atoms with van der Waals surface area (Å²) in [5, 5.41) is 6.57. The van der Waals surface area contributed by atoms with Gasteiger partial charge in [0, 0.05) is 30.6 Å². The van der Waals surface area contributed by atoms with Crippen LogP contribution >= 0.6 is 35.3 Å². The number of sulfonamides is 1. The van der Waals surface area contributed by atoms with E-state index in [1.165, 1.54) is 11.3 Å². The van der Waals surface area contributed by atoms with Gasteiger partial charge in [-0.1, -0.05) is 13.3 Å². The van der Waals surface area contributed by atoms with Crippen molar-refractivity contribution >= 4 is 51.3 Å². The minimum atomic E-state index is -3.34. The fourth-order valence-corrected chi connectivity index (χ4v) is 5.58. The zero-order chi connectivity index (χ0) is 18.3. The molecule has 0 aromatic carbocycles. The van der Waals surface area contributed by atoms with Crippen LogP contribution < -0.4 is 10.6 Å². The summed E-state index contributed by atoms with van der Waals surface area (Å²) in [6.45, 7) is 8.81. The number of piperidine rings is 1. The summed E-state index contributed by atoms with van der Waals surface area (Å²) in [5.41, 5.74) is 0. The summed E-state index contributed by atoms with van der Waals surface area (Å²) in [6.07, 6.45) is 4.04. The second-order valence-electron chi connectivity index (χ2n) is 6.33. The lowest BCUT2D eigenvalue weighted by Gasteiger charge is -2.25. The molecule has 0 amide bonds. The number of nitrogens with one attached hydrogen (secondary N) is 2. The number of thiophene rings is 1. The van der Waals surface area contributed by atoms with Crippen molar-refractivity contribution in [3.05, 3.63) is 17.0 Å². The molecule has 2 heterocycles. The molecule has 1 aromatic heterocycles. The quantitative estimate of drug-likeness (QED) is 0.333. The predicted octanol–water partition coefficient (Wildman–Crippen LogP) is 3.39. The van der Waals surface area contributed by atoms with Gasteiger partial charge in [-0.2, -0.15) is 4.31 Å². The van der Waals surface area contributed by atoms with E-state index in [2.05, 4.69) is 29.5 Å². The molecule has 1 fully saturated rings. The fraction of sp³-hybridized carbons (Fsp3) is 0.706. The maximum atomic E-state index is 12.7. The molecule has 2 rings (SSSR count). The molecule has 1 aliphatic rings. The maximum absolute atomic E-state index is 12.7. The topological polar surface area (TPSA) is 73.8 Å². The highest BCUT2D eigenvalue weighted by Crippen LogP contribution is 2.27. The third-order valence-corrected chi connectivity index (χ3v) is 7.71. The van der Waals surface area contributed by atoms with E-state index in [9.17, 15) is 8.42 Å². The van der Waals surface area contributed by atoms with Gasteiger partial charge in [0.15, 0.2) is 5.96 Å². The first-order valence-electron chi connectivity index (χ1n) is 9.11. The molecule has 150 valence electrons. The summed E-state index contributed by atoms with van der Waals surface area (Å²) in [4.78, 5) is 5.53. The number of nitrogens with zero attached hydrogens (tertiary/aromatic N) is 2. The van der Waals surface area contributed by atoms with Gasteiger partial charge in [0.25, 0.3) is 10.0 Å². The molecule has 6 nitrogen and oxygen atoms in total. The van der Waals surface area contributed by atoms with E-state index >= 15 is 0 Å². The minimum absolute atomic E-state index is 0. The molecule has 1 saturated heterocycles. The van der Waals surface area contributed by atoms with Gasteiger partial charge in [-0.25, -0.2) is 13.4 Å². The van der Waals surface area contributed by atoms with E-state index < -0.39 is 10.0 Å². The molecule has 1 atom stereocenters. The number of rotatable bonds is 7. The Labute approximate surface area is 178 Å². The highest BCUT2D eigenvalue weighted by Gasteiger charge is 2.27. The van der Waals surface area contributed by atoms with Crippen LogP contribution in [-0.2, 0) is 16.6 Å². The van der Waals surface area contributed by atoms with Crippen molar-refractivity contribution in [1.29, 1.82) is 0 Å². The SMILES string of the molecule is CCNC(=NCc1ccc(S(=O)(=O)N2CCCCC2)s1)NC(C)CC.I. The van der Waals surface area contributed by atoms with Crippen LogP contribution in [0.3, 0.4) is 0 Å². The van der Waals surface area contributed by atoms with Crippen molar-refractivity contribution in [2.75, 3.05) is 19.6 Å². The third-order valence-electron chi connectivity index (χ3n) is 4.28. The number of hydrogen-bond donors (Lipinski definition) is 2. The van der Waals surface area contributed by atoms with Crippen molar-refractivity contribution in [2.45, 2.75) is 63.3 Å². The first-order valence-corrected chi connectivity index (χ1v) is 11.4. The summed E-state index contributed by atoms with van der Waals surface area (Å²) < 4.78 is 27.4. The molecule has 0 saturated carbocycles. The van der Waals surface area contributed by atoms with Crippen LogP contribution in [-0.4, -0.2) is 44.4 Å². The first-order chi connectivity index (χ1) is 12.0. The summed E-state index contributed by atoms with van der Waals surface area (Å²) in [7, 11) is -3.34. The Bertz CT molecular complexity index is 670. The van der Waals surface area contributed by atoms with Crippen molar-refractivity contribution in [3.8, 4) is 0 Å². The van der Waals surface area contributed by atoms with Crippen LogP contribution in [0, 0.1) is 0 Å². The van der Waals surface area contributed by atoms with E-state index in [-0.39, 0.29) is 24.0 Å². The van der Waals surface area contributed by atoms with Crippen LogP contribution in [0.5, 0.6) is 0 Å². The Kier molecular flexibility index (Phi) is 10.4. The van der Waals surface area contributed by atoms with Gasteiger partial charge in [-0.15, -0.1) is 35.3 Å². The van der Waals surface area contributed by atoms with E-state index in [0.717, 1.165) is 43.1 Å². The van der Waals surface area contributed by atoms with Gasteiger partial charge in [0.2, 0.25) is 0 Å². The lowest BCUT2D eigenvalue weighted by atomic mass is 10.2. The summed E-state index contributed by atoms with van der Waals surface area (Å²) in [5.74, 6) is 0.769. The number of halogens is 1. The molecule has 2 N–H and O–H groups in total. The Morgan fingerprint density at radius 1 is 1.27 bits per heavy atom. The average molecular weight is 514 g/mol. The lowest BCUT2D eigenvalue weighted by molar-refractivity contribution is 0.347. The molecule has 0 bridgehead atoms. The van der Waals surface area contributed by atoms with Gasteiger partial charge >= 0.3 is 0 Å². The Hall–Kier alpha value is -0.390. The number of guanidine groups is 1. The van der Waals surface area contributed by atoms with E-state index in [4.69, 9.17) is 0 Å². The van der Waals surface area contributed by atoms with Crippen molar-refractivity contribution in [3.63, 3.8) is 0 Å². The molecule has 26 heavy (non-hydrogen) atoms. The van der Waals surface area contributed by atoms with Crippen LogP contribution in [0.2, 0.25) is 0 Å². The van der Waals surface area contributed by atoms with Gasteiger partial charge in [-0.05, 0) is 45.2 Å². The minimum Gasteiger partial charge on any atom is -0.357 e. The summed E-state index contributed by atoms with van der Waals surface area (Å²) in [6, 6.07) is 3.93. The Morgan fingerprint density at radius 2 is 1.96 bits per heavy atom. The van der Waals surface area contributed by atoms with Crippen LogP contribution in [0.25, 0.3) is 0 Å². The molecular formula is C17H31IN4O2S2. The second-order valence-corrected chi connectivity index (χ2v) is 9.67. The molecule has 1 aliphatic heterocycles. The largest absolute Gasteiger partial charge is 0.357 e. The first kappa shape index (κ1) is 23.6. The van der Waals surface area contributed by atoms with Crippen molar-refractivity contribution in [2.24, 2.45) is 4.99 Å². The molecule has 0 radical (unpaired) electrons.